The molecule has 3 aromatic rings. The third-order valence-electron chi connectivity index (χ3n) is 8.18. The summed E-state index contributed by atoms with van der Waals surface area (Å²) in [6, 6.07) is 21.3. The average Bonchev–Trinajstić information content (AvgIpc) is 3.35. The molecule has 2 amide bonds. The van der Waals surface area contributed by atoms with Crippen LogP contribution in [0.3, 0.4) is 0 Å². The van der Waals surface area contributed by atoms with Gasteiger partial charge in [-0.05, 0) is 96.8 Å². The summed E-state index contributed by atoms with van der Waals surface area (Å²) in [4.78, 5) is 37.0. The van der Waals surface area contributed by atoms with Gasteiger partial charge in [-0.1, -0.05) is 18.2 Å². The van der Waals surface area contributed by atoms with Crippen LogP contribution in [-0.2, 0) is 16.1 Å². The van der Waals surface area contributed by atoms with E-state index in [1.165, 1.54) is 18.2 Å². The fraction of sp³-hybridized carbons (Fsp3) is 0.343. The second-order valence-corrected chi connectivity index (χ2v) is 12.2. The first-order valence-electron chi connectivity index (χ1n) is 15.4. The second kappa shape index (κ2) is 14.2. The molecular formula is C35H38N4O5S. The molecule has 3 aliphatic rings. The Kier molecular flexibility index (Phi) is 9.71. The smallest absolute Gasteiger partial charge is 0.266 e. The fourth-order valence-electron chi connectivity index (χ4n) is 5.55. The van der Waals surface area contributed by atoms with Crippen LogP contribution in [0.1, 0.15) is 40.7 Å². The monoisotopic (exact) mass is 626 g/mol. The standard InChI is InChI=1S/C35H38N4O5S/c1-37-34(41)32(45-35(37)36-28-11-13-29(14-12-28)38-18-20-43-21-19-38)23-26-8-15-30(31(22-26)42-2)44-24-25-6-9-27(10-7-25)33(40)39-16-4-3-5-17-39/h6-15,22-23H,3-5,16-21,24H2,1-2H3/b32-23-,36-35?. The van der Waals surface area contributed by atoms with Crippen LogP contribution in [0.25, 0.3) is 6.08 Å². The second-order valence-electron chi connectivity index (χ2n) is 11.2. The SMILES string of the molecule is COc1cc(/C=C2\SC(=Nc3ccc(N4CCOCC4)cc3)N(C)C2=O)ccc1OCc1ccc(C(=O)N2CCCCC2)cc1. The number of hydrogen-bond acceptors (Lipinski definition) is 8. The number of carbonyl (C=O) groups excluding carboxylic acids is 2. The Hall–Kier alpha value is -4.28. The molecule has 0 bridgehead atoms. The molecule has 0 saturated carbocycles. The number of likely N-dealkylation sites (tertiary alicyclic amines) is 1. The van der Waals surface area contributed by atoms with E-state index >= 15 is 0 Å². The number of likely N-dealkylation sites (N-methyl/N-ethyl adjacent to an activating group) is 1. The van der Waals surface area contributed by atoms with E-state index in [-0.39, 0.29) is 11.8 Å². The summed E-state index contributed by atoms with van der Waals surface area (Å²) >= 11 is 1.35. The predicted molar refractivity (Wildman–Crippen MR) is 178 cm³/mol. The molecule has 0 aromatic heterocycles. The van der Waals surface area contributed by atoms with Crippen molar-refractivity contribution in [3.05, 3.63) is 88.3 Å². The van der Waals surface area contributed by atoms with E-state index in [0.29, 0.717) is 33.7 Å². The number of carbonyl (C=O) groups is 2. The number of ether oxygens (including phenoxy) is 3. The third kappa shape index (κ3) is 7.34. The van der Waals surface area contributed by atoms with Crippen LogP contribution in [-0.4, -0.2) is 80.3 Å². The van der Waals surface area contributed by atoms with Crippen LogP contribution in [0, 0.1) is 0 Å². The molecule has 6 rings (SSSR count). The summed E-state index contributed by atoms with van der Waals surface area (Å²) in [6.45, 7) is 5.23. The van der Waals surface area contributed by atoms with Crippen LogP contribution in [0.5, 0.6) is 11.5 Å². The van der Waals surface area contributed by atoms with Gasteiger partial charge in [-0.3, -0.25) is 14.5 Å². The molecule has 0 spiro atoms. The van der Waals surface area contributed by atoms with Crippen molar-refractivity contribution in [1.29, 1.82) is 0 Å². The van der Waals surface area contributed by atoms with E-state index < -0.39 is 0 Å². The van der Waals surface area contributed by atoms with Gasteiger partial charge < -0.3 is 24.0 Å². The van der Waals surface area contributed by atoms with Crippen molar-refractivity contribution in [3.8, 4) is 11.5 Å². The maximum atomic E-state index is 13.1. The Balaban J connectivity index is 1.09. The van der Waals surface area contributed by atoms with Crippen molar-refractivity contribution in [1.82, 2.24) is 9.80 Å². The molecule has 45 heavy (non-hydrogen) atoms. The van der Waals surface area contributed by atoms with Crippen molar-refractivity contribution in [2.75, 3.05) is 58.5 Å². The van der Waals surface area contributed by atoms with E-state index in [9.17, 15) is 9.59 Å². The molecule has 0 atom stereocenters. The Morgan fingerprint density at radius 2 is 1.67 bits per heavy atom. The molecule has 0 aliphatic carbocycles. The number of aliphatic imine (C=N–C) groups is 1. The van der Waals surface area contributed by atoms with Gasteiger partial charge in [0.2, 0.25) is 0 Å². The van der Waals surface area contributed by atoms with Crippen molar-refractivity contribution in [2.24, 2.45) is 4.99 Å². The number of piperidine rings is 1. The number of morpholine rings is 1. The lowest BCUT2D eigenvalue weighted by Gasteiger charge is -2.28. The maximum Gasteiger partial charge on any atom is 0.266 e. The average molecular weight is 627 g/mol. The van der Waals surface area contributed by atoms with Crippen LogP contribution in [0.2, 0.25) is 0 Å². The Labute approximate surface area is 268 Å². The van der Waals surface area contributed by atoms with Gasteiger partial charge in [-0.25, -0.2) is 4.99 Å². The van der Waals surface area contributed by atoms with Gasteiger partial charge in [0.05, 0.1) is 30.9 Å². The van der Waals surface area contributed by atoms with Gasteiger partial charge in [-0.2, -0.15) is 0 Å². The summed E-state index contributed by atoms with van der Waals surface area (Å²) in [5.74, 6) is 1.15. The van der Waals surface area contributed by atoms with Gasteiger partial charge in [-0.15, -0.1) is 0 Å². The van der Waals surface area contributed by atoms with Crippen LogP contribution in [0.15, 0.2) is 76.6 Å². The van der Waals surface area contributed by atoms with Crippen LogP contribution >= 0.6 is 11.8 Å². The highest BCUT2D eigenvalue weighted by atomic mass is 32.2. The van der Waals surface area contributed by atoms with Gasteiger partial charge in [0.1, 0.15) is 6.61 Å². The minimum Gasteiger partial charge on any atom is -0.493 e. The van der Waals surface area contributed by atoms with E-state index in [4.69, 9.17) is 19.2 Å². The number of benzene rings is 3. The highest BCUT2D eigenvalue weighted by Crippen LogP contribution is 2.35. The molecule has 3 aromatic carbocycles. The molecule has 3 saturated heterocycles. The largest absolute Gasteiger partial charge is 0.493 e. The zero-order chi connectivity index (χ0) is 31.2. The number of hydrogen-bond donors (Lipinski definition) is 0. The summed E-state index contributed by atoms with van der Waals surface area (Å²) in [5.41, 5.74) is 4.42. The topological polar surface area (TPSA) is 83.9 Å². The third-order valence-corrected chi connectivity index (χ3v) is 9.24. The number of anilines is 1. The van der Waals surface area contributed by atoms with Crippen molar-refractivity contribution >= 4 is 46.2 Å². The van der Waals surface area contributed by atoms with Crippen molar-refractivity contribution in [3.63, 3.8) is 0 Å². The number of thioether (sulfide) groups is 1. The lowest BCUT2D eigenvalue weighted by molar-refractivity contribution is -0.121. The maximum absolute atomic E-state index is 13.1. The first kappa shape index (κ1) is 30.7. The van der Waals surface area contributed by atoms with Gasteiger partial charge in [0.15, 0.2) is 16.7 Å². The van der Waals surface area contributed by atoms with Crippen molar-refractivity contribution in [2.45, 2.75) is 25.9 Å². The molecule has 9 nitrogen and oxygen atoms in total. The lowest BCUT2D eigenvalue weighted by atomic mass is 10.1. The van der Waals surface area contributed by atoms with Crippen LogP contribution in [0.4, 0.5) is 11.4 Å². The molecule has 3 heterocycles. The summed E-state index contributed by atoms with van der Waals surface area (Å²) in [6.07, 6.45) is 5.18. The highest BCUT2D eigenvalue weighted by molar-refractivity contribution is 8.18. The molecule has 10 heteroatoms. The van der Waals surface area contributed by atoms with E-state index in [1.54, 1.807) is 19.1 Å². The summed E-state index contributed by atoms with van der Waals surface area (Å²) in [5, 5.41) is 0.626. The quantitative estimate of drug-likeness (QED) is 0.285. The Morgan fingerprint density at radius 3 is 2.38 bits per heavy atom. The molecule has 0 unspecified atom stereocenters. The Bertz CT molecular complexity index is 1580. The van der Waals surface area contributed by atoms with Crippen molar-refractivity contribution < 1.29 is 23.8 Å². The number of nitrogens with zero attached hydrogens (tertiary/aromatic N) is 4. The predicted octanol–water partition coefficient (Wildman–Crippen LogP) is 5.97. The zero-order valence-corrected chi connectivity index (χ0v) is 26.6. The highest BCUT2D eigenvalue weighted by Gasteiger charge is 2.30. The zero-order valence-electron chi connectivity index (χ0n) is 25.7. The Morgan fingerprint density at radius 1 is 0.933 bits per heavy atom. The minimum atomic E-state index is -0.106. The van der Waals surface area contributed by atoms with Crippen LogP contribution < -0.4 is 14.4 Å². The normalized spacial score (nSPS) is 19.0. The summed E-state index contributed by atoms with van der Waals surface area (Å²) in [7, 11) is 3.34. The molecule has 0 radical (unpaired) electrons. The van der Waals surface area contributed by atoms with Gasteiger partial charge in [0, 0.05) is 44.5 Å². The number of methoxy groups -OCH3 is 1. The number of amides is 2. The van der Waals surface area contributed by atoms with E-state index in [2.05, 4.69) is 17.0 Å². The van der Waals surface area contributed by atoms with E-state index in [0.717, 1.165) is 74.7 Å². The molecule has 3 aliphatic heterocycles. The molecular weight excluding hydrogens is 588 g/mol. The fourth-order valence-corrected chi connectivity index (χ4v) is 6.54. The van der Waals surface area contributed by atoms with Gasteiger partial charge in [0.25, 0.3) is 11.8 Å². The molecule has 234 valence electrons. The minimum absolute atomic E-state index is 0.0928. The first-order valence-corrected chi connectivity index (χ1v) is 16.2. The van der Waals surface area contributed by atoms with E-state index in [1.807, 2.05) is 65.6 Å². The van der Waals surface area contributed by atoms with Gasteiger partial charge >= 0.3 is 0 Å². The molecule has 3 fully saturated rings. The molecule has 0 N–H and O–H groups in total. The lowest BCUT2D eigenvalue weighted by Crippen LogP contribution is -2.36. The number of amidine groups is 1. The number of rotatable bonds is 8. The summed E-state index contributed by atoms with van der Waals surface area (Å²) < 4.78 is 17.1. The first-order chi connectivity index (χ1) is 22.0.